The van der Waals surface area contributed by atoms with Crippen molar-refractivity contribution < 1.29 is 4.92 Å². The molecular weight excluding hydrogens is 266 g/mol. The zero-order chi connectivity index (χ0) is 14.4. The number of nitro groups is 1. The molecule has 0 aliphatic rings. The number of rotatable bonds is 7. The van der Waals surface area contributed by atoms with Gasteiger partial charge in [0.2, 0.25) is 0 Å². The number of nitrogens with two attached hydrogens (primary N) is 1. The fourth-order valence-corrected chi connectivity index (χ4v) is 2.59. The predicted octanol–water partition coefficient (Wildman–Crippen LogP) is 1.85. The van der Waals surface area contributed by atoms with Crippen LogP contribution < -0.4 is 16.2 Å². The number of nitrogen functional groups attached to an aromatic ring is 1. The second kappa shape index (κ2) is 7.15. The molecule has 0 aliphatic carbocycles. The third-order valence-corrected chi connectivity index (χ3v) is 3.61. The predicted molar refractivity (Wildman–Crippen MR) is 79.6 cm³/mol. The number of hydrogen-bond acceptors (Lipinski definition) is 7. The number of anilines is 2. The lowest BCUT2D eigenvalue weighted by molar-refractivity contribution is -0.384. The van der Waals surface area contributed by atoms with Crippen LogP contribution in [0.2, 0.25) is 0 Å². The molecule has 1 aromatic rings. The highest BCUT2D eigenvalue weighted by molar-refractivity contribution is 7.98. The first kappa shape index (κ1) is 15.5. The summed E-state index contributed by atoms with van der Waals surface area (Å²) in [5, 5.41) is 10.9. The van der Waals surface area contributed by atoms with Gasteiger partial charge in [-0.05, 0) is 12.7 Å². The maximum Gasteiger partial charge on any atom is 0.276 e. The maximum atomic E-state index is 10.9. The largest absolute Gasteiger partial charge is 0.356 e. The molecule has 0 aromatic carbocycles. The molecule has 0 fully saturated rings. The molecule has 0 bridgehead atoms. The van der Waals surface area contributed by atoms with E-state index in [1.54, 1.807) is 11.8 Å². The van der Waals surface area contributed by atoms with Gasteiger partial charge < -0.3 is 10.3 Å². The highest BCUT2D eigenvalue weighted by Crippen LogP contribution is 2.24. The lowest BCUT2D eigenvalue weighted by Gasteiger charge is -2.27. The van der Waals surface area contributed by atoms with E-state index in [-0.39, 0.29) is 17.5 Å². The summed E-state index contributed by atoms with van der Waals surface area (Å²) in [7, 11) is 1.89. The number of nitrogens with zero attached hydrogens (tertiary/aromatic N) is 3. The van der Waals surface area contributed by atoms with Crippen molar-refractivity contribution in [1.82, 2.24) is 4.98 Å². The molecule has 0 saturated heterocycles. The Bertz CT molecular complexity index is 443. The van der Waals surface area contributed by atoms with Gasteiger partial charge in [0.1, 0.15) is 11.6 Å². The van der Waals surface area contributed by atoms with Gasteiger partial charge in [0.05, 0.1) is 17.1 Å². The summed E-state index contributed by atoms with van der Waals surface area (Å²) in [4.78, 5) is 16.7. The van der Waals surface area contributed by atoms with Crippen molar-refractivity contribution in [2.45, 2.75) is 19.4 Å². The van der Waals surface area contributed by atoms with Crippen LogP contribution in [0.1, 0.15) is 13.3 Å². The third-order valence-electron chi connectivity index (χ3n) is 2.89. The van der Waals surface area contributed by atoms with E-state index >= 15 is 0 Å². The van der Waals surface area contributed by atoms with Crippen LogP contribution in [0, 0.1) is 10.1 Å². The van der Waals surface area contributed by atoms with Crippen LogP contribution in [0.3, 0.4) is 0 Å². The van der Waals surface area contributed by atoms with Gasteiger partial charge in [-0.2, -0.15) is 11.8 Å². The zero-order valence-electron chi connectivity index (χ0n) is 11.3. The Morgan fingerprint density at radius 1 is 1.63 bits per heavy atom. The van der Waals surface area contributed by atoms with Crippen molar-refractivity contribution in [3.8, 4) is 0 Å². The fraction of sp³-hybridized carbons (Fsp3) is 0.545. The Morgan fingerprint density at radius 3 is 2.79 bits per heavy atom. The molecule has 0 spiro atoms. The first-order valence-corrected chi connectivity index (χ1v) is 7.27. The maximum absolute atomic E-state index is 10.9. The summed E-state index contributed by atoms with van der Waals surface area (Å²) in [5.74, 6) is 7.06. The Kier molecular flexibility index (Phi) is 5.84. The van der Waals surface area contributed by atoms with Gasteiger partial charge in [0.25, 0.3) is 5.69 Å². The number of thioether (sulfide) groups is 1. The molecule has 106 valence electrons. The summed E-state index contributed by atoms with van der Waals surface area (Å²) in [6.45, 7) is 2.08. The second-order valence-electron chi connectivity index (χ2n) is 4.10. The molecule has 1 unspecified atom stereocenters. The van der Waals surface area contributed by atoms with Crippen LogP contribution in [0.5, 0.6) is 0 Å². The SMILES string of the molecule is CCC(CSC)N(C)c1cc([N+](=O)[O-])cc(NN)n1. The number of aromatic nitrogens is 1. The summed E-state index contributed by atoms with van der Waals surface area (Å²) in [5.41, 5.74) is 2.33. The van der Waals surface area contributed by atoms with Gasteiger partial charge in [-0.15, -0.1) is 0 Å². The van der Waals surface area contributed by atoms with Crippen LogP contribution >= 0.6 is 11.8 Å². The quantitative estimate of drug-likeness (QED) is 0.448. The minimum Gasteiger partial charge on any atom is -0.356 e. The summed E-state index contributed by atoms with van der Waals surface area (Å²) in [6.07, 6.45) is 2.97. The molecule has 1 rings (SSSR count). The molecular formula is C11H19N5O2S. The summed E-state index contributed by atoms with van der Waals surface area (Å²) in [6, 6.07) is 3.05. The van der Waals surface area contributed by atoms with E-state index in [2.05, 4.69) is 17.3 Å². The monoisotopic (exact) mass is 285 g/mol. The van der Waals surface area contributed by atoms with Crippen molar-refractivity contribution in [3.05, 3.63) is 22.2 Å². The molecule has 1 atom stereocenters. The average molecular weight is 285 g/mol. The molecule has 0 amide bonds. The Labute approximate surface area is 116 Å². The Balaban J connectivity index is 3.10. The van der Waals surface area contributed by atoms with Crippen LogP contribution in [0.15, 0.2) is 12.1 Å². The van der Waals surface area contributed by atoms with E-state index in [4.69, 9.17) is 5.84 Å². The van der Waals surface area contributed by atoms with Crippen LogP contribution in [0.25, 0.3) is 0 Å². The molecule has 3 N–H and O–H groups in total. The molecule has 7 nitrogen and oxygen atoms in total. The van der Waals surface area contributed by atoms with Gasteiger partial charge in [-0.1, -0.05) is 6.92 Å². The van der Waals surface area contributed by atoms with Gasteiger partial charge in [0.15, 0.2) is 0 Å². The Hall–Kier alpha value is -1.54. The van der Waals surface area contributed by atoms with Crippen molar-refractivity contribution >= 4 is 29.1 Å². The van der Waals surface area contributed by atoms with Gasteiger partial charge >= 0.3 is 0 Å². The van der Waals surface area contributed by atoms with E-state index < -0.39 is 4.92 Å². The van der Waals surface area contributed by atoms with Crippen LogP contribution in [-0.4, -0.2) is 35.0 Å². The minimum absolute atomic E-state index is 0.0243. The number of hydrazine groups is 1. The number of nitrogens with one attached hydrogen (secondary N) is 1. The van der Waals surface area contributed by atoms with Crippen molar-refractivity contribution in [3.63, 3.8) is 0 Å². The summed E-state index contributed by atoms with van der Waals surface area (Å²) < 4.78 is 0. The fourth-order valence-electron chi connectivity index (χ4n) is 1.74. The zero-order valence-corrected chi connectivity index (χ0v) is 12.1. The number of hydrogen-bond donors (Lipinski definition) is 2. The molecule has 19 heavy (non-hydrogen) atoms. The Morgan fingerprint density at radius 2 is 2.32 bits per heavy atom. The third kappa shape index (κ3) is 3.97. The van der Waals surface area contributed by atoms with Crippen molar-refractivity contribution in [1.29, 1.82) is 0 Å². The molecule has 1 aromatic heterocycles. The normalized spacial score (nSPS) is 12.0. The van der Waals surface area contributed by atoms with E-state index in [9.17, 15) is 10.1 Å². The topological polar surface area (TPSA) is 97.3 Å². The second-order valence-corrected chi connectivity index (χ2v) is 5.01. The first-order valence-electron chi connectivity index (χ1n) is 5.88. The lowest BCUT2D eigenvalue weighted by atomic mass is 10.2. The van der Waals surface area contributed by atoms with Crippen molar-refractivity contribution in [2.75, 3.05) is 29.4 Å². The highest BCUT2D eigenvalue weighted by Gasteiger charge is 2.18. The van der Waals surface area contributed by atoms with E-state index in [0.29, 0.717) is 5.82 Å². The average Bonchev–Trinajstić information content (AvgIpc) is 2.43. The minimum atomic E-state index is -0.449. The van der Waals surface area contributed by atoms with Gasteiger partial charge in [-0.3, -0.25) is 10.1 Å². The first-order chi connectivity index (χ1) is 9.03. The van der Waals surface area contributed by atoms with E-state index in [1.165, 1.54) is 12.1 Å². The molecule has 0 saturated carbocycles. The van der Waals surface area contributed by atoms with E-state index in [0.717, 1.165) is 12.2 Å². The van der Waals surface area contributed by atoms with Crippen LogP contribution in [0.4, 0.5) is 17.3 Å². The summed E-state index contributed by atoms with van der Waals surface area (Å²) >= 11 is 1.73. The van der Waals surface area contributed by atoms with Gasteiger partial charge in [-0.25, -0.2) is 10.8 Å². The molecule has 0 aliphatic heterocycles. The lowest BCUT2D eigenvalue weighted by Crippen LogP contribution is -2.34. The smallest absolute Gasteiger partial charge is 0.276 e. The highest BCUT2D eigenvalue weighted by atomic mass is 32.2. The van der Waals surface area contributed by atoms with E-state index in [1.807, 2.05) is 18.2 Å². The standard InChI is InChI=1S/C11H19N5O2S/c1-4-8(7-19-3)15(2)11-6-9(16(17)18)5-10(13-11)14-12/h5-6,8H,4,7,12H2,1-3H3,(H,13,14). The van der Waals surface area contributed by atoms with Crippen LogP contribution in [-0.2, 0) is 0 Å². The molecule has 0 radical (unpaired) electrons. The molecule has 8 heteroatoms. The number of pyridine rings is 1. The van der Waals surface area contributed by atoms with Crippen molar-refractivity contribution in [2.24, 2.45) is 5.84 Å². The molecule has 1 heterocycles. The van der Waals surface area contributed by atoms with Gasteiger partial charge in [0, 0.05) is 18.8 Å².